The minimum Gasteiger partial charge on any atom is -0.309 e. The average Bonchev–Trinajstić information content (AvgIpc) is 3.51. The van der Waals surface area contributed by atoms with Crippen LogP contribution in [0, 0.1) is 0 Å². The van der Waals surface area contributed by atoms with Crippen LogP contribution >= 0.6 is 0 Å². The van der Waals surface area contributed by atoms with E-state index in [2.05, 4.69) is 144 Å². The normalized spacial score (nSPS) is 13.6. The summed E-state index contributed by atoms with van der Waals surface area (Å²) in [7, 11) is 0. The van der Waals surface area contributed by atoms with Gasteiger partial charge in [0.25, 0.3) is 0 Å². The first-order valence-electron chi connectivity index (χ1n) is 16.8. The van der Waals surface area contributed by atoms with E-state index in [1.54, 1.807) is 0 Å². The smallest absolute Gasteiger partial charge is 0.0541 e. The zero-order valence-corrected chi connectivity index (χ0v) is 26.5. The molecule has 2 heterocycles. The molecule has 2 heteroatoms. The van der Waals surface area contributed by atoms with Crippen molar-refractivity contribution in [2.75, 3.05) is 0 Å². The second-order valence-corrected chi connectivity index (χ2v) is 12.8. The summed E-state index contributed by atoms with van der Waals surface area (Å²) >= 11 is 0. The third-order valence-electron chi connectivity index (χ3n) is 10.3. The number of fused-ring (bicyclic) bond motifs is 7. The molecule has 0 amide bonds. The van der Waals surface area contributed by atoms with Gasteiger partial charge in [-0.25, -0.2) is 0 Å². The number of hydrogen-bond acceptors (Lipinski definition) is 0. The average molecular weight is 605 g/mol. The third-order valence-corrected chi connectivity index (χ3v) is 10.3. The molecule has 0 atom stereocenters. The minimum atomic E-state index is 1.06. The van der Waals surface area contributed by atoms with Gasteiger partial charge in [0.05, 0.1) is 16.7 Å². The van der Waals surface area contributed by atoms with E-state index in [1.807, 2.05) is 12.2 Å². The van der Waals surface area contributed by atoms with Gasteiger partial charge >= 0.3 is 0 Å². The number of aromatic nitrogens is 2. The van der Waals surface area contributed by atoms with Crippen molar-refractivity contribution in [3.8, 4) is 33.6 Å². The highest BCUT2D eigenvalue weighted by atomic mass is 15.0. The number of benzene rings is 5. The molecular formula is C45H36N2. The molecular weight excluding hydrogens is 569 g/mol. The topological polar surface area (TPSA) is 9.86 Å². The largest absolute Gasteiger partial charge is 0.309 e. The molecule has 0 aliphatic heterocycles. The molecule has 0 N–H and O–H groups in total. The first-order valence-corrected chi connectivity index (χ1v) is 16.8. The Labute approximate surface area is 276 Å². The molecule has 5 aromatic carbocycles. The lowest BCUT2D eigenvalue weighted by Gasteiger charge is -2.21. The van der Waals surface area contributed by atoms with Crippen LogP contribution in [0.1, 0.15) is 46.5 Å². The first-order chi connectivity index (χ1) is 23.2. The summed E-state index contributed by atoms with van der Waals surface area (Å²) in [4.78, 5) is 0. The number of para-hydroxylation sites is 2. The van der Waals surface area contributed by atoms with Crippen LogP contribution in [0.5, 0.6) is 0 Å². The van der Waals surface area contributed by atoms with E-state index >= 15 is 0 Å². The standard InChI is InChI=1S/C45H36N2/c1-3-36-38-17-10-12-20-43(38)46(42(36)4-2)34-26-33(32-25-24-31-23-22-30-14-8-9-15-37(30)41(31)28-32)27-35(29-34)47-44-19-7-5-6-16-39(44)40-18-11-13-21-45(40)47/h3-4,7-15,17-21,24-29H,1-2,5-6,16,22-23H2. The monoisotopic (exact) mass is 604 g/mol. The molecule has 7 aromatic rings. The van der Waals surface area contributed by atoms with Crippen molar-refractivity contribution in [2.24, 2.45) is 0 Å². The van der Waals surface area contributed by atoms with Gasteiger partial charge in [-0.3, -0.25) is 0 Å². The molecule has 0 radical (unpaired) electrons. The van der Waals surface area contributed by atoms with Gasteiger partial charge in [-0.15, -0.1) is 0 Å². The van der Waals surface area contributed by atoms with Crippen LogP contribution in [0.4, 0.5) is 0 Å². The number of hydrogen-bond donors (Lipinski definition) is 0. The maximum absolute atomic E-state index is 4.27. The minimum absolute atomic E-state index is 1.06. The van der Waals surface area contributed by atoms with E-state index in [0.29, 0.717) is 0 Å². The molecule has 2 aliphatic rings. The Morgan fingerprint density at radius 2 is 1.28 bits per heavy atom. The summed E-state index contributed by atoms with van der Waals surface area (Å²) in [6.07, 6.45) is 14.2. The van der Waals surface area contributed by atoms with E-state index in [-0.39, 0.29) is 0 Å². The van der Waals surface area contributed by atoms with Crippen LogP contribution in [-0.2, 0) is 19.3 Å². The SMILES string of the molecule is C=Cc1c(C=C)n(-c2cc(-c3ccc4c(c3)-c3ccccc3CC4)cc(-n3c4c(c5ccccc53)CCCC=C4)c2)c2ccccc12. The highest BCUT2D eigenvalue weighted by molar-refractivity contribution is 5.96. The zero-order valence-electron chi connectivity index (χ0n) is 26.5. The first kappa shape index (κ1) is 27.7. The van der Waals surface area contributed by atoms with Gasteiger partial charge in [-0.1, -0.05) is 98.1 Å². The van der Waals surface area contributed by atoms with Crippen molar-refractivity contribution in [1.82, 2.24) is 9.13 Å². The second kappa shape index (κ2) is 11.0. The van der Waals surface area contributed by atoms with E-state index in [1.165, 1.54) is 67.3 Å². The van der Waals surface area contributed by atoms with Gasteiger partial charge < -0.3 is 9.13 Å². The predicted octanol–water partition coefficient (Wildman–Crippen LogP) is 11.6. The zero-order chi connectivity index (χ0) is 31.5. The predicted molar refractivity (Wildman–Crippen MR) is 201 cm³/mol. The Kier molecular flexibility index (Phi) is 6.50. The molecule has 2 aliphatic carbocycles. The maximum Gasteiger partial charge on any atom is 0.0541 e. The fourth-order valence-electron chi connectivity index (χ4n) is 8.13. The molecule has 2 nitrogen and oxygen atoms in total. The Balaban J connectivity index is 1.36. The lowest BCUT2D eigenvalue weighted by molar-refractivity contribution is 0.854. The quantitative estimate of drug-likeness (QED) is 0.185. The van der Waals surface area contributed by atoms with Crippen molar-refractivity contribution in [2.45, 2.75) is 32.1 Å². The van der Waals surface area contributed by atoms with Crippen molar-refractivity contribution < 1.29 is 0 Å². The number of aryl methyl sites for hydroxylation is 3. The molecule has 0 saturated carbocycles. The fourth-order valence-corrected chi connectivity index (χ4v) is 8.13. The highest BCUT2D eigenvalue weighted by Gasteiger charge is 2.22. The molecule has 2 aromatic heterocycles. The van der Waals surface area contributed by atoms with Crippen LogP contribution in [0.2, 0.25) is 0 Å². The lowest BCUT2D eigenvalue weighted by atomic mass is 9.84. The van der Waals surface area contributed by atoms with Crippen molar-refractivity contribution in [3.63, 3.8) is 0 Å². The summed E-state index contributed by atoms with van der Waals surface area (Å²) in [6.45, 7) is 8.47. The van der Waals surface area contributed by atoms with Crippen LogP contribution in [0.3, 0.4) is 0 Å². The summed E-state index contributed by atoms with van der Waals surface area (Å²) in [5, 5.41) is 2.52. The van der Waals surface area contributed by atoms with Gasteiger partial charge in [0, 0.05) is 33.4 Å². The second-order valence-electron chi connectivity index (χ2n) is 12.8. The lowest BCUT2D eigenvalue weighted by Crippen LogP contribution is -2.05. The summed E-state index contributed by atoms with van der Waals surface area (Å²) in [5.41, 5.74) is 17.6. The van der Waals surface area contributed by atoms with Gasteiger partial charge in [-0.2, -0.15) is 0 Å². The molecule has 9 rings (SSSR count). The highest BCUT2D eigenvalue weighted by Crippen LogP contribution is 2.40. The molecule has 226 valence electrons. The molecule has 0 fully saturated rings. The van der Waals surface area contributed by atoms with Crippen LogP contribution in [0.15, 0.2) is 128 Å². The summed E-state index contributed by atoms with van der Waals surface area (Å²) < 4.78 is 4.85. The summed E-state index contributed by atoms with van der Waals surface area (Å²) in [6, 6.07) is 40.6. The van der Waals surface area contributed by atoms with Crippen molar-refractivity contribution in [1.29, 1.82) is 0 Å². The summed E-state index contributed by atoms with van der Waals surface area (Å²) in [5.74, 6) is 0. The van der Waals surface area contributed by atoms with Crippen LogP contribution in [0.25, 0.3) is 73.7 Å². The Hall–Kier alpha value is -5.60. The molecule has 0 unspecified atom stereocenters. The van der Waals surface area contributed by atoms with Crippen LogP contribution in [-0.4, -0.2) is 9.13 Å². The van der Waals surface area contributed by atoms with E-state index < -0.39 is 0 Å². The molecule has 0 bridgehead atoms. The molecule has 0 saturated heterocycles. The van der Waals surface area contributed by atoms with Gasteiger partial charge in [0.15, 0.2) is 0 Å². The number of allylic oxidation sites excluding steroid dienone is 1. The van der Waals surface area contributed by atoms with Gasteiger partial charge in [-0.05, 0) is 120 Å². The van der Waals surface area contributed by atoms with Crippen molar-refractivity contribution >= 4 is 40.0 Å². The number of rotatable bonds is 5. The van der Waals surface area contributed by atoms with Crippen LogP contribution < -0.4 is 0 Å². The Morgan fingerprint density at radius 3 is 2.09 bits per heavy atom. The fraction of sp³-hybridized carbons (Fsp3) is 0.111. The van der Waals surface area contributed by atoms with E-state index in [9.17, 15) is 0 Å². The molecule has 0 spiro atoms. The maximum atomic E-state index is 4.27. The van der Waals surface area contributed by atoms with E-state index in [0.717, 1.165) is 53.8 Å². The Morgan fingerprint density at radius 1 is 0.574 bits per heavy atom. The Bertz CT molecular complexity index is 2430. The van der Waals surface area contributed by atoms with Gasteiger partial charge in [0.2, 0.25) is 0 Å². The third kappa shape index (κ3) is 4.32. The van der Waals surface area contributed by atoms with E-state index in [4.69, 9.17) is 0 Å². The molecule has 47 heavy (non-hydrogen) atoms. The van der Waals surface area contributed by atoms with Crippen molar-refractivity contribution in [3.05, 3.63) is 162 Å². The van der Waals surface area contributed by atoms with Gasteiger partial charge in [0.1, 0.15) is 0 Å². The number of nitrogens with zero attached hydrogens (tertiary/aromatic N) is 2.